The molecule has 98 valence electrons. The number of hydrogen-bond acceptors (Lipinski definition) is 3. The average molecular weight is 247 g/mol. The molecule has 0 aliphatic heterocycles. The van der Waals surface area contributed by atoms with Gasteiger partial charge in [-0.1, -0.05) is 19.9 Å². The zero-order chi connectivity index (χ0) is 13.2. The second-order valence-electron chi connectivity index (χ2n) is 5.86. The summed E-state index contributed by atoms with van der Waals surface area (Å²) in [7, 11) is 0. The summed E-state index contributed by atoms with van der Waals surface area (Å²) in [6, 6.07) is 5.40. The molecule has 1 heterocycles. The number of amides is 1. The molecule has 0 aromatic carbocycles. The highest BCUT2D eigenvalue weighted by Crippen LogP contribution is 2.34. The van der Waals surface area contributed by atoms with E-state index >= 15 is 0 Å². The van der Waals surface area contributed by atoms with Gasteiger partial charge in [-0.05, 0) is 43.2 Å². The lowest BCUT2D eigenvalue weighted by atomic mass is 9.75. The molecule has 0 bridgehead atoms. The van der Waals surface area contributed by atoms with Crippen LogP contribution in [-0.4, -0.2) is 16.9 Å². The van der Waals surface area contributed by atoms with Gasteiger partial charge in [0.2, 0.25) is 0 Å². The van der Waals surface area contributed by atoms with Gasteiger partial charge in [0.15, 0.2) is 0 Å². The van der Waals surface area contributed by atoms with E-state index in [2.05, 4.69) is 24.1 Å². The number of nitrogens with zero attached hydrogens (tertiary/aromatic N) is 1. The first kappa shape index (κ1) is 12.9. The van der Waals surface area contributed by atoms with Crippen LogP contribution in [0.15, 0.2) is 18.2 Å². The molecule has 0 atom stereocenters. The summed E-state index contributed by atoms with van der Waals surface area (Å²) in [6.45, 7) is 4.56. The third kappa shape index (κ3) is 3.22. The highest BCUT2D eigenvalue weighted by molar-refractivity contribution is 5.92. The van der Waals surface area contributed by atoms with Crippen LogP contribution >= 0.6 is 0 Å². The van der Waals surface area contributed by atoms with Crippen LogP contribution in [0.3, 0.4) is 0 Å². The van der Waals surface area contributed by atoms with Crippen LogP contribution < -0.4 is 11.1 Å². The molecule has 1 amide bonds. The first-order valence-electron chi connectivity index (χ1n) is 6.50. The van der Waals surface area contributed by atoms with E-state index in [0.717, 1.165) is 25.7 Å². The lowest BCUT2D eigenvalue weighted by molar-refractivity contribution is 0.0904. The maximum atomic E-state index is 12.0. The second-order valence-corrected chi connectivity index (χ2v) is 5.86. The molecule has 1 aliphatic rings. The Labute approximate surface area is 108 Å². The number of anilines is 1. The van der Waals surface area contributed by atoms with Gasteiger partial charge in [0.1, 0.15) is 11.5 Å². The number of pyridine rings is 1. The third-order valence-corrected chi connectivity index (χ3v) is 3.68. The maximum absolute atomic E-state index is 12.0. The van der Waals surface area contributed by atoms with Crippen LogP contribution in [0.25, 0.3) is 0 Å². The third-order valence-electron chi connectivity index (χ3n) is 3.68. The molecular formula is C14H21N3O. The fourth-order valence-corrected chi connectivity index (χ4v) is 2.38. The number of nitrogens with one attached hydrogen (secondary N) is 1. The zero-order valence-electron chi connectivity index (χ0n) is 11.1. The van der Waals surface area contributed by atoms with Gasteiger partial charge in [-0.3, -0.25) is 4.79 Å². The number of hydrogen-bond donors (Lipinski definition) is 2. The first-order chi connectivity index (χ1) is 8.46. The van der Waals surface area contributed by atoms with Gasteiger partial charge >= 0.3 is 0 Å². The number of carbonyl (C=O) groups is 1. The Morgan fingerprint density at radius 3 is 2.67 bits per heavy atom. The van der Waals surface area contributed by atoms with Crippen LogP contribution in [-0.2, 0) is 0 Å². The minimum absolute atomic E-state index is 0.119. The van der Waals surface area contributed by atoms with Gasteiger partial charge in [0.25, 0.3) is 5.91 Å². The quantitative estimate of drug-likeness (QED) is 0.843. The predicted molar refractivity (Wildman–Crippen MR) is 72.2 cm³/mol. The van der Waals surface area contributed by atoms with Crippen LogP contribution in [0.5, 0.6) is 0 Å². The average Bonchev–Trinajstić information content (AvgIpc) is 2.32. The van der Waals surface area contributed by atoms with Gasteiger partial charge in [-0.15, -0.1) is 0 Å². The van der Waals surface area contributed by atoms with E-state index in [1.54, 1.807) is 18.2 Å². The largest absolute Gasteiger partial charge is 0.384 e. The highest BCUT2D eigenvalue weighted by atomic mass is 16.1. The van der Waals surface area contributed by atoms with Gasteiger partial charge in [-0.25, -0.2) is 4.98 Å². The van der Waals surface area contributed by atoms with Crippen LogP contribution in [0, 0.1) is 5.41 Å². The van der Waals surface area contributed by atoms with Gasteiger partial charge < -0.3 is 11.1 Å². The highest BCUT2D eigenvalue weighted by Gasteiger charge is 2.27. The maximum Gasteiger partial charge on any atom is 0.270 e. The van der Waals surface area contributed by atoms with Crippen molar-refractivity contribution in [2.75, 3.05) is 5.73 Å². The summed E-state index contributed by atoms with van der Waals surface area (Å²) in [6.07, 6.45) is 4.40. The Morgan fingerprint density at radius 2 is 2.06 bits per heavy atom. The first-order valence-corrected chi connectivity index (χ1v) is 6.50. The summed E-state index contributed by atoms with van der Waals surface area (Å²) in [5.74, 6) is 0.263. The van der Waals surface area contributed by atoms with E-state index in [0.29, 0.717) is 16.9 Å². The summed E-state index contributed by atoms with van der Waals surface area (Å²) in [5, 5.41) is 3.04. The normalized spacial score (nSPS) is 19.4. The number of nitrogen functional groups attached to an aromatic ring is 1. The Morgan fingerprint density at radius 1 is 1.39 bits per heavy atom. The second kappa shape index (κ2) is 4.96. The molecule has 1 aromatic rings. The number of aromatic nitrogens is 1. The molecule has 4 heteroatoms. The molecule has 1 fully saturated rings. The van der Waals surface area contributed by atoms with Crippen molar-refractivity contribution in [2.45, 2.75) is 45.6 Å². The molecule has 1 aliphatic carbocycles. The molecule has 3 N–H and O–H groups in total. The predicted octanol–water partition coefficient (Wildman–Crippen LogP) is 2.36. The topological polar surface area (TPSA) is 68.0 Å². The van der Waals surface area contributed by atoms with Gasteiger partial charge in [0, 0.05) is 6.04 Å². The molecule has 0 saturated heterocycles. The monoisotopic (exact) mass is 247 g/mol. The zero-order valence-corrected chi connectivity index (χ0v) is 11.1. The van der Waals surface area contributed by atoms with Crippen molar-refractivity contribution < 1.29 is 4.79 Å². The molecule has 1 aromatic heterocycles. The van der Waals surface area contributed by atoms with Crippen molar-refractivity contribution in [1.82, 2.24) is 10.3 Å². The Bertz CT molecular complexity index is 432. The van der Waals surface area contributed by atoms with Crippen molar-refractivity contribution in [3.8, 4) is 0 Å². The van der Waals surface area contributed by atoms with Crippen molar-refractivity contribution in [3.63, 3.8) is 0 Å². The van der Waals surface area contributed by atoms with Crippen molar-refractivity contribution in [3.05, 3.63) is 23.9 Å². The molecule has 0 radical (unpaired) electrons. The van der Waals surface area contributed by atoms with Crippen LogP contribution in [0.1, 0.15) is 50.0 Å². The fourth-order valence-electron chi connectivity index (χ4n) is 2.38. The van der Waals surface area contributed by atoms with Gasteiger partial charge in [-0.2, -0.15) is 0 Å². The van der Waals surface area contributed by atoms with Crippen molar-refractivity contribution in [2.24, 2.45) is 5.41 Å². The van der Waals surface area contributed by atoms with Crippen LogP contribution in [0.4, 0.5) is 5.82 Å². The van der Waals surface area contributed by atoms with E-state index in [9.17, 15) is 4.79 Å². The lowest BCUT2D eigenvalue weighted by Gasteiger charge is -2.34. The number of carbonyl (C=O) groups excluding carboxylic acids is 1. The van der Waals surface area contributed by atoms with Crippen LogP contribution in [0.2, 0.25) is 0 Å². The SMILES string of the molecule is CC1(C)CCC(NC(=O)c2cccc(N)n2)CC1. The van der Waals surface area contributed by atoms with E-state index in [4.69, 9.17) is 5.73 Å². The van der Waals surface area contributed by atoms with Crippen molar-refractivity contribution >= 4 is 11.7 Å². The fraction of sp³-hybridized carbons (Fsp3) is 0.571. The molecule has 1 saturated carbocycles. The summed E-state index contributed by atoms with van der Waals surface area (Å²) in [5.41, 5.74) is 6.39. The lowest BCUT2D eigenvalue weighted by Crippen LogP contribution is -2.39. The van der Waals surface area contributed by atoms with E-state index in [1.807, 2.05) is 0 Å². The molecular weight excluding hydrogens is 226 g/mol. The summed E-state index contributed by atoms with van der Waals surface area (Å²) < 4.78 is 0. The molecule has 0 spiro atoms. The Hall–Kier alpha value is -1.58. The van der Waals surface area contributed by atoms with E-state index in [1.165, 1.54) is 0 Å². The van der Waals surface area contributed by atoms with E-state index in [-0.39, 0.29) is 11.9 Å². The number of rotatable bonds is 2. The minimum atomic E-state index is -0.119. The Balaban J connectivity index is 1.93. The smallest absolute Gasteiger partial charge is 0.270 e. The number of nitrogens with two attached hydrogens (primary N) is 1. The van der Waals surface area contributed by atoms with E-state index < -0.39 is 0 Å². The Kier molecular flexibility index (Phi) is 3.55. The molecule has 4 nitrogen and oxygen atoms in total. The molecule has 2 rings (SSSR count). The standard InChI is InChI=1S/C14H21N3O/c1-14(2)8-6-10(7-9-14)16-13(18)11-4-3-5-12(15)17-11/h3-5,10H,6-9H2,1-2H3,(H2,15,17)(H,16,18). The molecule has 0 unspecified atom stereocenters. The van der Waals surface area contributed by atoms with Crippen molar-refractivity contribution in [1.29, 1.82) is 0 Å². The summed E-state index contributed by atoms with van der Waals surface area (Å²) >= 11 is 0. The summed E-state index contributed by atoms with van der Waals surface area (Å²) in [4.78, 5) is 16.0. The van der Waals surface area contributed by atoms with Gasteiger partial charge in [0.05, 0.1) is 0 Å². The molecule has 18 heavy (non-hydrogen) atoms. The minimum Gasteiger partial charge on any atom is -0.384 e.